The van der Waals surface area contributed by atoms with Crippen LogP contribution in [0.15, 0.2) is 41.3 Å². The van der Waals surface area contributed by atoms with Crippen LogP contribution in [0, 0.1) is 0 Å². The van der Waals surface area contributed by atoms with Crippen LogP contribution in [0.5, 0.6) is 0 Å². The first-order valence-corrected chi connectivity index (χ1v) is 5.68. The zero-order valence-electron chi connectivity index (χ0n) is 10.1. The number of hydrogen-bond donors (Lipinski definition) is 0. The number of alkyl halides is 3. The molecule has 0 atom stereocenters. The van der Waals surface area contributed by atoms with Gasteiger partial charge >= 0.3 is 6.18 Å². The van der Waals surface area contributed by atoms with E-state index in [0.717, 1.165) is 16.8 Å². The molecule has 2 rings (SSSR count). The molecule has 0 saturated heterocycles. The molecule has 0 unspecified atom stereocenters. The SMILES string of the molecule is CCc1ccnn(-c2ccc(C(F)(F)F)cc2)c1=O. The number of aryl methyl sites for hydroxylation is 1. The van der Waals surface area contributed by atoms with Crippen molar-refractivity contribution in [3.05, 3.63) is 58.0 Å². The van der Waals surface area contributed by atoms with E-state index in [4.69, 9.17) is 0 Å². The summed E-state index contributed by atoms with van der Waals surface area (Å²) < 4.78 is 38.4. The molecule has 0 aliphatic heterocycles. The Balaban J connectivity index is 2.46. The molecule has 19 heavy (non-hydrogen) atoms. The van der Waals surface area contributed by atoms with Gasteiger partial charge < -0.3 is 0 Å². The molecule has 0 spiro atoms. The van der Waals surface area contributed by atoms with Gasteiger partial charge in [0.1, 0.15) is 0 Å². The third-order valence-corrected chi connectivity index (χ3v) is 2.75. The summed E-state index contributed by atoms with van der Waals surface area (Å²) in [5, 5.41) is 3.87. The van der Waals surface area contributed by atoms with Crippen LogP contribution >= 0.6 is 0 Å². The van der Waals surface area contributed by atoms with E-state index in [1.54, 1.807) is 6.07 Å². The molecule has 0 bridgehead atoms. The van der Waals surface area contributed by atoms with Crippen molar-refractivity contribution >= 4 is 0 Å². The molecule has 3 nitrogen and oxygen atoms in total. The van der Waals surface area contributed by atoms with Gasteiger partial charge in [-0.25, -0.2) is 0 Å². The van der Waals surface area contributed by atoms with E-state index in [2.05, 4.69) is 5.10 Å². The van der Waals surface area contributed by atoms with Crippen molar-refractivity contribution in [2.24, 2.45) is 0 Å². The van der Waals surface area contributed by atoms with Gasteiger partial charge in [-0.05, 0) is 36.8 Å². The normalized spacial score (nSPS) is 11.6. The maximum absolute atomic E-state index is 12.4. The molecule has 0 fully saturated rings. The molecule has 0 saturated carbocycles. The van der Waals surface area contributed by atoms with Crippen molar-refractivity contribution in [1.29, 1.82) is 0 Å². The second kappa shape index (κ2) is 4.87. The molecular weight excluding hydrogens is 257 g/mol. The van der Waals surface area contributed by atoms with Crippen molar-refractivity contribution in [1.82, 2.24) is 9.78 Å². The van der Waals surface area contributed by atoms with Gasteiger partial charge in [-0.3, -0.25) is 4.79 Å². The number of aromatic nitrogens is 2. The topological polar surface area (TPSA) is 34.9 Å². The van der Waals surface area contributed by atoms with Gasteiger partial charge in [-0.1, -0.05) is 6.92 Å². The van der Waals surface area contributed by atoms with Gasteiger partial charge in [0.25, 0.3) is 5.56 Å². The minimum atomic E-state index is -4.39. The van der Waals surface area contributed by atoms with E-state index in [0.29, 0.717) is 17.7 Å². The highest BCUT2D eigenvalue weighted by Crippen LogP contribution is 2.29. The lowest BCUT2D eigenvalue weighted by molar-refractivity contribution is -0.137. The van der Waals surface area contributed by atoms with Gasteiger partial charge in [-0.15, -0.1) is 0 Å². The van der Waals surface area contributed by atoms with Crippen LogP contribution in [-0.2, 0) is 12.6 Å². The summed E-state index contributed by atoms with van der Waals surface area (Å²) in [6.45, 7) is 1.83. The molecule has 2 aromatic rings. The van der Waals surface area contributed by atoms with Crippen molar-refractivity contribution in [2.75, 3.05) is 0 Å². The molecule has 1 aromatic carbocycles. The van der Waals surface area contributed by atoms with Crippen LogP contribution < -0.4 is 5.56 Å². The predicted octanol–water partition coefficient (Wildman–Crippen LogP) is 2.81. The lowest BCUT2D eigenvalue weighted by Gasteiger charge is -2.09. The van der Waals surface area contributed by atoms with Crippen LogP contribution in [0.1, 0.15) is 18.1 Å². The van der Waals surface area contributed by atoms with E-state index in [9.17, 15) is 18.0 Å². The maximum atomic E-state index is 12.4. The Morgan fingerprint density at radius 1 is 1.16 bits per heavy atom. The Morgan fingerprint density at radius 3 is 2.32 bits per heavy atom. The average molecular weight is 268 g/mol. The van der Waals surface area contributed by atoms with E-state index in [1.165, 1.54) is 18.3 Å². The third kappa shape index (κ3) is 2.67. The van der Waals surface area contributed by atoms with Crippen molar-refractivity contribution < 1.29 is 13.2 Å². The Morgan fingerprint density at radius 2 is 1.79 bits per heavy atom. The quantitative estimate of drug-likeness (QED) is 0.839. The van der Waals surface area contributed by atoms with Gasteiger partial charge in [-0.2, -0.15) is 23.0 Å². The monoisotopic (exact) mass is 268 g/mol. The molecule has 6 heteroatoms. The Labute approximate surface area is 107 Å². The Hall–Kier alpha value is -2.11. The lowest BCUT2D eigenvalue weighted by Crippen LogP contribution is -2.23. The zero-order chi connectivity index (χ0) is 14.0. The fourth-order valence-electron chi connectivity index (χ4n) is 1.69. The molecule has 0 aliphatic rings. The first-order chi connectivity index (χ1) is 8.93. The van der Waals surface area contributed by atoms with Crippen molar-refractivity contribution in [3.8, 4) is 5.69 Å². The van der Waals surface area contributed by atoms with Crippen LogP contribution in [-0.4, -0.2) is 9.78 Å². The van der Waals surface area contributed by atoms with Crippen LogP contribution in [0.2, 0.25) is 0 Å². The molecule has 0 aliphatic carbocycles. The Bertz CT molecular complexity index is 630. The van der Waals surface area contributed by atoms with Crippen LogP contribution in [0.25, 0.3) is 5.69 Å². The standard InChI is InChI=1S/C13H11F3N2O/c1-2-9-7-8-17-18(12(9)19)11-5-3-10(4-6-11)13(14,15)16/h3-8H,2H2,1H3. The smallest absolute Gasteiger partial charge is 0.267 e. The number of hydrogen-bond acceptors (Lipinski definition) is 2. The van der Waals surface area contributed by atoms with Gasteiger partial charge in [0.05, 0.1) is 11.3 Å². The summed E-state index contributed by atoms with van der Waals surface area (Å²) in [5.74, 6) is 0. The number of halogens is 3. The number of benzene rings is 1. The first-order valence-electron chi connectivity index (χ1n) is 5.68. The Kier molecular flexibility index (Phi) is 3.42. The average Bonchev–Trinajstić information content (AvgIpc) is 2.38. The van der Waals surface area contributed by atoms with Crippen LogP contribution in [0.4, 0.5) is 13.2 Å². The maximum Gasteiger partial charge on any atom is 0.416 e. The molecule has 100 valence electrons. The first kappa shape index (κ1) is 13.3. The molecule has 1 aromatic heterocycles. The summed E-state index contributed by atoms with van der Waals surface area (Å²) in [6, 6.07) is 5.93. The fraction of sp³-hybridized carbons (Fsp3) is 0.231. The van der Waals surface area contributed by atoms with Crippen molar-refractivity contribution in [3.63, 3.8) is 0 Å². The van der Waals surface area contributed by atoms with E-state index >= 15 is 0 Å². The second-order valence-corrected chi connectivity index (χ2v) is 3.97. The molecule has 0 N–H and O–H groups in total. The van der Waals surface area contributed by atoms with Crippen molar-refractivity contribution in [2.45, 2.75) is 19.5 Å². The highest BCUT2D eigenvalue weighted by atomic mass is 19.4. The summed E-state index contributed by atoms with van der Waals surface area (Å²) in [7, 11) is 0. The molecule has 0 radical (unpaired) electrons. The number of rotatable bonds is 2. The van der Waals surface area contributed by atoms with E-state index < -0.39 is 11.7 Å². The van der Waals surface area contributed by atoms with E-state index in [1.807, 2.05) is 6.92 Å². The summed E-state index contributed by atoms with van der Waals surface area (Å²) in [6.07, 6.45) is -2.39. The highest BCUT2D eigenvalue weighted by molar-refractivity contribution is 5.35. The third-order valence-electron chi connectivity index (χ3n) is 2.75. The largest absolute Gasteiger partial charge is 0.416 e. The zero-order valence-corrected chi connectivity index (χ0v) is 10.1. The minimum Gasteiger partial charge on any atom is -0.267 e. The lowest BCUT2D eigenvalue weighted by atomic mass is 10.2. The summed E-state index contributed by atoms with van der Waals surface area (Å²) in [4.78, 5) is 12.0. The summed E-state index contributed by atoms with van der Waals surface area (Å²) >= 11 is 0. The fourth-order valence-corrected chi connectivity index (χ4v) is 1.69. The molecule has 1 heterocycles. The molecular formula is C13H11F3N2O. The minimum absolute atomic E-state index is 0.313. The highest BCUT2D eigenvalue weighted by Gasteiger charge is 2.30. The van der Waals surface area contributed by atoms with E-state index in [-0.39, 0.29) is 5.56 Å². The predicted molar refractivity (Wildman–Crippen MR) is 64.2 cm³/mol. The van der Waals surface area contributed by atoms with Gasteiger partial charge in [0.2, 0.25) is 0 Å². The van der Waals surface area contributed by atoms with Crippen LogP contribution in [0.3, 0.4) is 0 Å². The summed E-state index contributed by atoms with van der Waals surface area (Å²) in [5.41, 5.74) is -0.191. The second-order valence-electron chi connectivity index (χ2n) is 3.97. The number of nitrogens with zero attached hydrogens (tertiary/aromatic N) is 2. The van der Waals surface area contributed by atoms with Gasteiger partial charge in [0.15, 0.2) is 0 Å². The van der Waals surface area contributed by atoms with Gasteiger partial charge in [0, 0.05) is 11.8 Å². The molecule has 0 amide bonds.